The predicted molar refractivity (Wildman–Crippen MR) is 43.7 cm³/mol. The number of fused-ring (bicyclic) bond motifs is 1. The van der Waals surface area contributed by atoms with Crippen LogP contribution in [0.15, 0.2) is 0 Å². The number of rotatable bonds is 2. The summed E-state index contributed by atoms with van der Waals surface area (Å²) >= 11 is 0. The zero-order valence-electron chi connectivity index (χ0n) is 7.51. The highest BCUT2D eigenvalue weighted by atomic mass is 16.5. The number of esters is 1. The van der Waals surface area contributed by atoms with Crippen molar-refractivity contribution in [3.05, 3.63) is 0 Å². The molecule has 0 saturated heterocycles. The first-order valence-corrected chi connectivity index (χ1v) is 4.58. The summed E-state index contributed by atoms with van der Waals surface area (Å²) in [6, 6.07) is 0. The summed E-state index contributed by atoms with van der Waals surface area (Å²) in [6.45, 7) is 0. The Balaban J connectivity index is 1.94. The first kappa shape index (κ1) is 8.97. The van der Waals surface area contributed by atoms with Crippen LogP contribution in [-0.2, 0) is 9.53 Å². The van der Waals surface area contributed by atoms with E-state index in [9.17, 15) is 15.0 Å². The lowest BCUT2D eigenvalue weighted by atomic mass is 9.96. The average Bonchev–Trinajstić information content (AvgIpc) is 2.57. The van der Waals surface area contributed by atoms with Crippen LogP contribution >= 0.6 is 0 Å². The van der Waals surface area contributed by atoms with Crippen LogP contribution in [0.2, 0.25) is 0 Å². The second kappa shape index (κ2) is 2.96. The summed E-state index contributed by atoms with van der Waals surface area (Å²) in [4.78, 5) is 11.0. The van der Waals surface area contributed by atoms with Crippen LogP contribution in [-0.4, -0.2) is 35.5 Å². The summed E-state index contributed by atoms with van der Waals surface area (Å²) < 4.78 is 4.53. The molecule has 0 aromatic carbocycles. The van der Waals surface area contributed by atoms with Gasteiger partial charge in [-0.05, 0) is 18.3 Å². The fourth-order valence-electron chi connectivity index (χ4n) is 2.51. The van der Waals surface area contributed by atoms with Crippen molar-refractivity contribution >= 4 is 5.97 Å². The fraction of sp³-hybridized carbons (Fsp3) is 0.889. The van der Waals surface area contributed by atoms with Crippen molar-refractivity contribution < 1.29 is 19.7 Å². The van der Waals surface area contributed by atoms with E-state index in [-0.39, 0.29) is 36.2 Å². The van der Waals surface area contributed by atoms with Gasteiger partial charge in [-0.1, -0.05) is 0 Å². The van der Waals surface area contributed by atoms with E-state index in [2.05, 4.69) is 4.74 Å². The second-order valence-electron chi connectivity index (χ2n) is 3.98. The van der Waals surface area contributed by atoms with E-state index in [0.717, 1.165) is 0 Å². The molecule has 0 spiro atoms. The van der Waals surface area contributed by atoms with Crippen molar-refractivity contribution in [1.29, 1.82) is 0 Å². The van der Waals surface area contributed by atoms with Crippen LogP contribution in [0.25, 0.3) is 0 Å². The number of aliphatic hydroxyl groups is 2. The molecule has 0 bridgehead atoms. The summed E-state index contributed by atoms with van der Waals surface area (Å²) in [5.74, 6) is -0.0324. The highest BCUT2D eigenvalue weighted by molar-refractivity contribution is 5.69. The number of hydrogen-bond donors (Lipinski definition) is 2. The quantitative estimate of drug-likeness (QED) is 0.572. The van der Waals surface area contributed by atoms with Gasteiger partial charge in [0.05, 0.1) is 25.7 Å². The molecular formula is C9H14O4. The Labute approximate surface area is 76.5 Å². The number of aliphatic hydroxyl groups excluding tert-OH is 2. The third kappa shape index (κ3) is 1.34. The molecule has 2 aliphatic carbocycles. The van der Waals surface area contributed by atoms with E-state index < -0.39 is 6.10 Å². The van der Waals surface area contributed by atoms with Gasteiger partial charge in [-0.15, -0.1) is 0 Å². The number of ether oxygens (including phenoxy) is 1. The minimum absolute atomic E-state index is 0.0903. The average molecular weight is 186 g/mol. The van der Waals surface area contributed by atoms with E-state index in [1.165, 1.54) is 7.11 Å². The Morgan fingerprint density at radius 1 is 1.54 bits per heavy atom. The van der Waals surface area contributed by atoms with Gasteiger partial charge >= 0.3 is 5.97 Å². The standard InChI is InChI=1S/C9H14O4/c1-13-7(11)3-4-6(10)2-5-8(4)9(5)12/h4-6,8-10,12H,2-3H2,1H3/t4-,5+,6-,8+,9?/m1/s1. The Kier molecular flexibility index (Phi) is 2.04. The fourth-order valence-corrected chi connectivity index (χ4v) is 2.51. The maximum atomic E-state index is 11.0. The van der Waals surface area contributed by atoms with E-state index >= 15 is 0 Å². The van der Waals surface area contributed by atoms with E-state index in [1.807, 2.05) is 0 Å². The summed E-state index contributed by atoms with van der Waals surface area (Å²) in [5.41, 5.74) is 0. The Morgan fingerprint density at radius 2 is 2.23 bits per heavy atom. The Hall–Kier alpha value is -0.610. The number of carbonyl (C=O) groups is 1. The van der Waals surface area contributed by atoms with E-state index in [1.54, 1.807) is 0 Å². The van der Waals surface area contributed by atoms with Crippen LogP contribution < -0.4 is 0 Å². The lowest BCUT2D eigenvalue weighted by molar-refractivity contribution is -0.142. The minimum atomic E-state index is -0.433. The van der Waals surface area contributed by atoms with Gasteiger partial charge in [0.25, 0.3) is 0 Å². The van der Waals surface area contributed by atoms with Gasteiger partial charge in [0, 0.05) is 5.92 Å². The number of methoxy groups -OCH3 is 1. The minimum Gasteiger partial charge on any atom is -0.469 e. The third-order valence-corrected chi connectivity index (χ3v) is 3.32. The maximum Gasteiger partial charge on any atom is 0.305 e. The second-order valence-corrected chi connectivity index (χ2v) is 3.98. The Morgan fingerprint density at radius 3 is 2.77 bits per heavy atom. The molecule has 0 aromatic rings. The van der Waals surface area contributed by atoms with Crippen molar-refractivity contribution in [2.45, 2.75) is 25.0 Å². The van der Waals surface area contributed by atoms with Gasteiger partial charge < -0.3 is 14.9 Å². The zero-order chi connectivity index (χ0) is 9.59. The van der Waals surface area contributed by atoms with Gasteiger partial charge in [-0.25, -0.2) is 0 Å². The molecule has 74 valence electrons. The molecule has 4 nitrogen and oxygen atoms in total. The molecule has 0 amide bonds. The topological polar surface area (TPSA) is 66.8 Å². The van der Waals surface area contributed by atoms with Crippen LogP contribution in [0.3, 0.4) is 0 Å². The van der Waals surface area contributed by atoms with Gasteiger partial charge in [-0.2, -0.15) is 0 Å². The van der Waals surface area contributed by atoms with Crippen molar-refractivity contribution in [2.75, 3.05) is 7.11 Å². The first-order valence-electron chi connectivity index (χ1n) is 4.58. The first-order chi connectivity index (χ1) is 6.15. The van der Waals surface area contributed by atoms with Gasteiger partial charge in [0.1, 0.15) is 0 Å². The number of hydrogen-bond acceptors (Lipinski definition) is 4. The lowest BCUT2D eigenvalue weighted by Crippen LogP contribution is -2.24. The predicted octanol–water partition coefficient (Wildman–Crippen LogP) is -0.463. The summed E-state index contributed by atoms with van der Waals surface area (Å²) in [6.07, 6.45) is 0.138. The normalized spacial score (nSPS) is 47.2. The molecule has 0 aromatic heterocycles. The summed E-state index contributed by atoms with van der Waals surface area (Å²) in [7, 11) is 1.34. The molecule has 4 heteroatoms. The van der Waals surface area contributed by atoms with Crippen LogP contribution in [0.4, 0.5) is 0 Å². The highest BCUT2D eigenvalue weighted by Gasteiger charge is 2.61. The molecule has 0 aliphatic heterocycles. The molecule has 13 heavy (non-hydrogen) atoms. The zero-order valence-corrected chi connectivity index (χ0v) is 7.51. The largest absolute Gasteiger partial charge is 0.469 e. The molecule has 2 saturated carbocycles. The van der Waals surface area contributed by atoms with Gasteiger partial charge in [0.2, 0.25) is 0 Å². The molecule has 2 N–H and O–H groups in total. The Bertz CT molecular complexity index is 228. The lowest BCUT2D eigenvalue weighted by Gasteiger charge is -2.16. The molecule has 2 rings (SSSR count). The van der Waals surface area contributed by atoms with Crippen LogP contribution in [0.5, 0.6) is 0 Å². The third-order valence-electron chi connectivity index (χ3n) is 3.32. The maximum absolute atomic E-state index is 11.0. The van der Waals surface area contributed by atoms with Crippen molar-refractivity contribution in [2.24, 2.45) is 17.8 Å². The van der Waals surface area contributed by atoms with Crippen LogP contribution in [0, 0.1) is 17.8 Å². The molecule has 0 radical (unpaired) electrons. The molecule has 5 atom stereocenters. The van der Waals surface area contributed by atoms with Crippen LogP contribution in [0.1, 0.15) is 12.8 Å². The molecule has 0 heterocycles. The SMILES string of the molecule is COC(=O)C[C@H]1[C@@H]2C(O)[C@H]2C[C@H]1O. The smallest absolute Gasteiger partial charge is 0.305 e. The molecule has 2 aliphatic rings. The molecular weight excluding hydrogens is 172 g/mol. The van der Waals surface area contributed by atoms with Gasteiger partial charge in [-0.3, -0.25) is 4.79 Å². The molecule has 1 unspecified atom stereocenters. The van der Waals surface area contributed by atoms with E-state index in [4.69, 9.17) is 0 Å². The van der Waals surface area contributed by atoms with Crippen molar-refractivity contribution in [3.63, 3.8) is 0 Å². The monoisotopic (exact) mass is 186 g/mol. The van der Waals surface area contributed by atoms with E-state index in [0.29, 0.717) is 6.42 Å². The van der Waals surface area contributed by atoms with Crippen molar-refractivity contribution in [3.8, 4) is 0 Å². The van der Waals surface area contributed by atoms with Gasteiger partial charge in [0.15, 0.2) is 0 Å². The number of carbonyl (C=O) groups excluding carboxylic acids is 1. The summed E-state index contributed by atoms with van der Waals surface area (Å²) in [5, 5.41) is 18.9. The van der Waals surface area contributed by atoms with Crippen molar-refractivity contribution in [1.82, 2.24) is 0 Å². The molecule has 2 fully saturated rings. The highest BCUT2D eigenvalue weighted by Crippen LogP contribution is 2.56.